The first-order valence-electron chi connectivity index (χ1n) is 6.70. The molecule has 0 fully saturated rings. The summed E-state index contributed by atoms with van der Waals surface area (Å²) in [6, 6.07) is 5.57. The fourth-order valence-electron chi connectivity index (χ4n) is 2.60. The zero-order valence-corrected chi connectivity index (χ0v) is 14.1. The Morgan fingerprint density at radius 2 is 2.05 bits per heavy atom. The smallest absolute Gasteiger partial charge is 0.166 e. The van der Waals surface area contributed by atoms with Crippen molar-refractivity contribution in [2.24, 2.45) is 5.41 Å². The van der Waals surface area contributed by atoms with Gasteiger partial charge in [0.15, 0.2) is 11.6 Å². The fraction of sp³-hybridized carbons (Fsp3) is 0.312. The van der Waals surface area contributed by atoms with E-state index in [4.69, 9.17) is 11.6 Å². The lowest BCUT2D eigenvalue weighted by Crippen LogP contribution is -2.28. The predicted molar refractivity (Wildman–Crippen MR) is 86.6 cm³/mol. The Morgan fingerprint density at radius 3 is 2.76 bits per heavy atom. The SMILES string of the molecule is CC1(C)CC(=O)c2cnc(-c3ccc(Cl)c(Br)c3)nc2C1. The molecule has 2 aromatic rings. The van der Waals surface area contributed by atoms with Crippen molar-refractivity contribution in [3.63, 3.8) is 0 Å². The normalized spacial score (nSPS) is 16.7. The van der Waals surface area contributed by atoms with Gasteiger partial charge in [-0.15, -0.1) is 0 Å². The molecule has 0 saturated heterocycles. The van der Waals surface area contributed by atoms with Crippen LogP contribution in [0.5, 0.6) is 0 Å². The lowest BCUT2D eigenvalue weighted by Gasteiger charge is -2.29. The standard InChI is InChI=1S/C16H14BrClN2O/c1-16(2)6-13-10(14(21)7-16)8-19-15(20-13)9-3-4-12(18)11(17)5-9/h3-5,8H,6-7H2,1-2H3. The van der Waals surface area contributed by atoms with Gasteiger partial charge >= 0.3 is 0 Å². The first-order valence-corrected chi connectivity index (χ1v) is 7.87. The topological polar surface area (TPSA) is 42.9 Å². The van der Waals surface area contributed by atoms with Gasteiger partial charge in [0.05, 0.1) is 16.3 Å². The summed E-state index contributed by atoms with van der Waals surface area (Å²) in [4.78, 5) is 21.1. The molecule has 0 amide bonds. The highest BCUT2D eigenvalue weighted by Crippen LogP contribution is 2.34. The van der Waals surface area contributed by atoms with Gasteiger partial charge in [-0.2, -0.15) is 0 Å². The van der Waals surface area contributed by atoms with Gasteiger partial charge in [-0.3, -0.25) is 4.79 Å². The molecule has 0 atom stereocenters. The van der Waals surface area contributed by atoms with Crippen molar-refractivity contribution in [3.8, 4) is 11.4 Å². The quantitative estimate of drug-likeness (QED) is 0.734. The molecule has 5 heteroatoms. The third kappa shape index (κ3) is 2.87. The number of carbonyl (C=O) groups excluding carboxylic acids is 1. The van der Waals surface area contributed by atoms with E-state index < -0.39 is 0 Å². The summed E-state index contributed by atoms with van der Waals surface area (Å²) in [5, 5.41) is 0.646. The summed E-state index contributed by atoms with van der Waals surface area (Å²) in [5.74, 6) is 0.752. The molecular weight excluding hydrogens is 352 g/mol. The maximum Gasteiger partial charge on any atom is 0.166 e. The van der Waals surface area contributed by atoms with E-state index in [9.17, 15) is 4.79 Å². The second-order valence-corrected chi connectivity index (χ2v) is 7.39. The second kappa shape index (κ2) is 5.18. The summed E-state index contributed by atoms with van der Waals surface area (Å²) < 4.78 is 0.805. The fourth-order valence-corrected chi connectivity index (χ4v) is 3.10. The van der Waals surface area contributed by atoms with E-state index in [0.29, 0.717) is 22.8 Å². The van der Waals surface area contributed by atoms with Gasteiger partial charge in [0, 0.05) is 22.7 Å². The van der Waals surface area contributed by atoms with Crippen LogP contribution in [0, 0.1) is 5.41 Å². The van der Waals surface area contributed by atoms with Gasteiger partial charge in [0.1, 0.15) is 0 Å². The zero-order chi connectivity index (χ0) is 15.2. The highest BCUT2D eigenvalue weighted by Gasteiger charge is 2.32. The number of fused-ring (bicyclic) bond motifs is 1. The number of nitrogens with zero attached hydrogens (tertiary/aromatic N) is 2. The first kappa shape index (κ1) is 14.7. The molecule has 0 radical (unpaired) electrons. The lowest BCUT2D eigenvalue weighted by molar-refractivity contribution is 0.0910. The van der Waals surface area contributed by atoms with Crippen molar-refractivity contribution in [1.82, 2.24) is 9.97 Å². The third-order valence-corrected chi connectivity index (χ3v) is 4.84. The number of halogens is 2. The number of Topliss-reactive ketones (excluding diaryl/α,β-unsaturated/α-hetero) is 1. The summed E-state index contributed by atoms with van der Waals surface area (Å²) in [6.45, 7) is 4.18. The van der Waals surface area contributed by atoms with E-state index in [1.807, 2.05) is 12.1 Å². The van der Waals surface area contributed by atoms with Crippen LogP contribution in [-0.4, -0.2) is 15.8 Å². The number of hydrogen-bond acceptors (Lipinski definition) is 3. The number of benzene rings is 1. The maximum atomic E-state index is 12.1. The minimum absolute atomic E-state index is 0.0454. The monoisotopic (exact) mass is 364 g/mol. The minimum Gasteiger partial charge on any atom is -0.294 e. The van der Waals surface area contributed by atoms with Crippen molar-refractivity contribution in [1.29, 1.82) is 0 Å². The second-order valence-electron chi connectivity index (χ2n) is 6.12. The Labute approximate surface area is 136 Å². The zero-order valence-electron chi connectivity index (χ0n) is 11.8. The third-order valence-electron chi connectivity index (χ3n) is 3.63. The summed E-state index contributed by atoms with van der Waals surface area (Å²) in [5.41, 5.74) is 2.33. The molecule has 3 rings (SSSR count). The van der Waals surface area contributed by atoms with Crippen LogP contribution < -0.4 is 0 Å². The van der Waals surface area contributed by atoms with E-state index in [2.05, 4.69) is 39.7 Å². The molecule has 0 N–H and O–H groups in total. The number of ketones is 1. The van der Waals surface area contributed by atoms with Crippen LogP contribution in [0.15, 0.2) is 28.9 Å². The Bertz CT molecular complexity index is 743. The molecule has 0 bridgehead atoms. The average Bonchev–Trinajstić information content (AvgIpc) is 2.40. The van der Waals surface area contributed by atoms with Crippen molar-refractivity contribution < 1.29 is 4.79 Å². The van der Waals surface area contributed by atoms with E-state index in [-0.39, 0.29) is 11.2 Å². The highest BCUT2D eigenvalue weighted by molar-refractivity contribution is 9.10. The largest absolute Gasteiger partial charge is 0.294 e. The number of rotatable bonds is 1. The van der Waals surface area contributed by atoms with Crippen LogP contribution in [0.2, 0.25) is 5.02 Å². The number of aromatic nitrogens is 2. The van der Waals surface area contributed by atoms with Crippen LogP contribution in [0.3, 0.4) is 0 Å². The number of hydrogen-bond donors (Lipinski definition) is 0. The molecule has 1 heterocycles. The van der Waals surface area contributed by atoms with E-state index in [1.54, 1.807) is 12.3 Å². The van der Waals surface area contributed by atoms with E-state index in [0.717, 1.165) is 22.2 Å². The van der Waals surface area contributed by atoms with Crippen molar-refractivity contribution in [2.75, 3.05) is 0 Å². The minimum atomic E-state index is -0.0454. The average molecular weight is 366 g/mol. The van der Waals surface area contributed by atoms with Crippen molar-refractivity contribution >= 4 is 33.3 Å². The maximum absolute atomic E-state index is 12.1. The molecule has 0 unspecified atom stereocenters. The predicted octanol–water partition coefficient (Wildman–Crippen LogP) is 4.71. The Morgan fingerprint density at radius 1 is 1.29 bits per heavy atom. The Hall–Kier alpha value is -1.26. The Balaban J connectivity index is 2.07. The highest BCUT2D eigenvalue weighted by atomic mass is 79.9. The molecular formula is C16H14BrClN2O. The van der Waals surface area contributed by atoms with Gasteiger partial charge in [0.25, 0.3) is 0 Å². The molecule has 1 aliphatic rings. The van der Waals surface area contributed by atoms with Crippen LogP contribution >= 0.6 is 27.5 Å². The molecule has 1 aromatic heterocycles. The molecule has 0 aliphatic heterocycles. The van der Waals surface area contributed by atoms with Crippen molar-refractivity contribution in [2.45, 2.75) is 26.7 Å². The lowest BCUT2D eigenvalue weighted by atomic mass is 9.76. The van der Waals surface area contributed by atoms with Crippen molar-refractivity contribution in [3.05, 3.63) is 45.1 Å². The van der Waals surface area contributed by atoms with E-state index >= 15 is 0 Å². The molecule has 108 valence electrons. The molecule has 1 aliphatic carbocycles. The molecule has 0 saturated carbocycles. The van der Waals surface area contributed by atoms with Gasteiger partial charge in [-0.25, -0.2) is 9.97 Å². The molecule has 1 aromatic carbocycles. The summed E-state index contributed by atoms with van der Waals surface area (Å²) in [7, 11) is 0. The summed E-state index contributed by atoms with van der Waals surface area (Å²) in [6.07, 6.45) is 2.99. The van der Waals surface area contributed by atoms with Gasteiger partial charge in [0.2, 0.25) is 0 Å². The molecule has 0 spiro atoms. The van der Waals surface area contributed by atoms with Gasteiger partial charge < -0.3 is 0 Å². The summed E-state index contributed by atoms with van der Waals surface area (Å²) >= 11 is 9.41. The van der Waals surface area contributed by atoms with Gasteiger partial charge in [-0.05, 0) is 46.0 Å². The van der Waals surface area contributed by atoms with Crippen LogP contribution in [0.4, 0.5) is 0 Å². The van der Waals surface area contributed by atoms with E-state index in [1.165, 1.54) is 0 Å². The number of carbonyl (C=O) groups is 1. The molecule has 21 heavy (non-hydrogen) atoms. The van der Waals surface area contributed by atoms with Crippen LogP contribution in [0.1, 0.15) is 36.3 Å². The molecule has 3 nitrogen and oxygen atoms in total. The van der Waals surface area contributed by atoms with Crippen LogP contribution in [0.25, 0.3) is 11.4 Å². The first-order chi connectivity index (χ1) is 9.85. The van der Waals surface area contributed by atoms with Gasteiger partial charge in [-0.1, -0.05) is 25.4 Å². The van der Waals surface area contributed by atoms with Crippen LogP contribution in [-0.2, 0) is 6.42 Å². The Kier molecular flexibility index (Phi) is 3.62.